The van der Waals surface area contributed by atoms with Gasteiger partial charge in [0.05, 0.1) is 18.7 Å². The smallest absolute Gasteiger partial charge is 0.308 e. The number of esters is 1. The first-order valence-electron chi connectivity index (χ1n) is 10.8. The Hall–Kier alpha value is -2.83. The van der Waals surface area contributed by atoms with Gasteiger partial charge in [0.15, 0.2) is 11.7 Å². The van der Waals surface area contributed by atoms with Crippen LogP contribution in [0.25, 0.3) is 11.3 Å². The van der Waals surface area contributed by atoms with E-state index in [0.717, 1.165) is 49.5 Å². The van der Waals surface area contributed by atoms with Crippen LogP contribution >= 0.6 is 0 Å². The van der Waals surface area contributed by atoms with Gasteiger partial charge in [0, 0.05) is 18.2 Å². The first-order valence-corrected chi connectivity index (χ1v) is 10.8. The van der Waals surface area contributed by atoms with E-state index in [1.807, 2.05) is 26.0 Å². The average Bonchev–Trinajstić information content (AvgIpc) is 3.22. The maximum atomic E-state index is 11.9. The number of rotatable bonds is 7. The van der Waals surface area contributed by atoms with Crippen molar-refractivity contribution in [1.82, 2.24) is 15.6 Å². The second-order valence-corrected chi connectivity index (χ2v) is 7.62. The Morgan fingerprint density at radius 2 is 1.93 bits per heavy atom. The second kappa shape index (κ2) is 10.8. The summed E-state index contributed by atoms with van der Waals surface area (Å²) in [5.74, 6) is 2.02. The predicted molar refractivity (Wildman–Crippen MR) is 117 cm³/mol. The standard InChI is InChI=1S/C23H32N4O3/c1-4-24-23(27-19-12-10-18(11-13-19)22(28)29-5-2)26-15-21-25-14-20(30-21)17-8-6-16(3)7-9-17/h6-9,14,18-19H,4-5,10-13,15H2,1-3H3,(H2,24,26,27). The number of nitrogens with one attached hydrogen (secondary N) is 2. The molecule has 0 atom stereocenters. The van der Waals surface area contributed by atoms with E-state index >= 15 is 0 Å². The molecule has 0 saturated heterocycles. The molecule has 2 N–H and O–H groups in total. The van der Waals surface area contributed by atoms with Gasteiger partial charge in [-0.3, -0.25) is 4.79 Å². The Morgan fingerprint density at radius 1 is 1.20 bits per heavy atom. The lowest BCUT2D eigenvalue weighted by Gasteiger charge is -2.29. The molecule has 1 aromatic carbocycles. The lowest BCUT2D eigenvalue weighted by Crippen LogP contribution is -2.45. The molecular weight excluding hydrogens is 380 g/mol. The van der Waals surface area contributed by atoms with E-state index < -0.39 is 0 Å². The summed E-state index contributed by atoms with van der Waals surface area (Å²) in [6.07, 6.45) is 5.27. The SMILES string of the molecule is CCNC(=NCc1ncc(-c2ccc(C)cc2)o1)NC1CCC(C(=O)OCC)CC1. The molecule has 7 heteroatoms. The van der Waals surface area contributed by atoms with Crippen LogP contribution in [0.4, 0.5) is 0 Å². The molecule has 162 valence electrons. The summed E-state index contributed by atoms with van der Waals surface area (Å²) >= 11 is 0. The highest BCUT2D eigenvalue weighted by atomic mass is 16.5. The van der Waals surface area contributed by atoms with Gasteiger partial charge in [-0.1, -0.05) is 29.8 Å². The van der Waals surface area contributed by atoms with Gasteiger partial charge in [-0.15, -0.1) is 0 Å². The van der Waals surface area contributed by atoms with Gasteiger partial charge >= 0.3 is 5.97 Å². The summed E-state index contributed by atoms with van der Waals surface area (Å²) in [5, 5.41) is 6.76. The molecule has 0 bridgehead atoms. The molecule has 1 aromatic heterocycles. The Labute approximate surface area is 178 Å². The van der Waals surface area contributed by atoms with E-state index in [-0.39, 0.29) is 11.9 Å². The van der Waals surface area contributed by atoms with Gasteiger partial charge in [-0.25, -0.2) is 9.98 Å². The van der Waals surface area contributed by atoms with Crippen LogP contribution in [-0.2, 0) is 16.1 Å². The zero-order valence-corrected chi connectivity index (χ0v) is 18.1. The van der Waals surface area contributed by atoms with E-state index in [9.17, 15) is 4.79 Å². The molecule has 1 aliphatic rings. The van der Waals surface area contributed by atoms with Crippen molar-refractivity contribution in [2.24, 2.45) is 10.9 Å². The third-order valence-corrected chi connectivity index (χ3v) is 5.29. The lowest BCUT2D eigenvalue weighted by molar-refractivity contribution is -0.149. The molecule has 7 nitrogen and oxygen atoms in total. The largest absolute Gasteiger partial charge is 0.466 e. The number of carbonyl (C=O) groups is 1. The molecule has 0 radical (unpaired) electrons. The van der Waals surface area contributed by atoms with Crippen molar-refractivity contribution in [3.63, 3.8) is 0 Å². The molecule has 30 heavy (non-hydrogen) atoms. The van der Waals surface area contributed by atoms with E-state index in [4.69, 9.17) is 9.15 Å². The van der Waals surface area contributed by atoms with Crippen LogP contribution in [0.5, 0.6) is 0 Å². The fraction of sp³-hybridized carbons (Fsp3) is 0.522. The van der Waals surface area contributed by atoms with Crippen LogP contribution in [-0.4, -0.2) is 36.1 Å². The number of benzene rings is 1. The topological polar surface area (TPSA) is 88.8 Å². The van der Waals surface area contributed by atoms with Gasteiger partial charge in [0.1, 0.15) is 6.54 Å². The molecule has 1 fully saturated rings. The summed E-state index contributed by atoms with van der Waals surface area (Å²) in [6.45, 7) is 7.52. The summed E-state index contributed by atoms with van der Waals surface area (Å²) in [5.41, 5.74) is 2.22. The molecule has 1 aliphatic carbocycles. The summed E-state index contributed by atoms with van der Waals surface area (Å²) in [7, 11) is 0. The first-order chi connectivity index (χ1) is 14.6. The third kappa shape index (κ3) is 6.08. The van der Waals surface area contributed by atoms with Crippen molar-refractivity contribution < 1.29 is 13.9 Å². The number of hydrogen-bond donors (Lipinski definition) is 2. The highest BCUT2D eigenvalue weighted by Gasteiger charge is 2.27. The lowest BCUT2D eigenvalue weighted by atomic mass is 9.86. The van der Waals surface area contributed by atoms with Crippen LogP contribution in [0.3, 0.4) is 0 Å². The number of hydrogen-bond acceptors (Lipinski definition) is 5. The Bertz CT molecular complexity index is 836. The quantitative estimate of drug-likeness (QED) is 0.408. The molecule has 0 amide bonds. The maximum absolute atomic E-state index is 11.9. The fourth-order valence-electron chi connectivity index (χ4n) is 3.63. The van der Waals surface area contributed by atoms with E-state index in [0.29, 0.717) is 25.1 Å². The van der Waals surface area contributed by atoms with Gasteiger partial charge < -0.3 is 19.8 Å². The monoisotopic (exact) mass is 412 g/mol. The molecule has 1 saturated carbocycles. The first kappa shape index (κ1) is 21.9. The molecular formula is C23H32N4O3. The van der Waals surface area contributed by atoms with Crippen molar-refractivity contribution in [3.05, 3.63) is 41.9 Å². The number of aromatic nitrogens is 1. The van der Waals surface area contributed by atoms with E-state index in [2.05, 4.69) is 39.7 Å². The third-order valence-electron chi connectivity index (χ3n) is 5.29. The number of carbonyl (C=O) groups excluding carboxylic acids is 1. The van der Waals surface area contributed by atoms with Crippen molar-refractivity contribution >= 4 is 11.9 Å². The van der Waals surface area contributed by atoms with E-state index in [1.165, 1.54) is 5.56 Å². The number of ether oxygens (including phenoxy) is 1. The van der Waals surface area contributed by atoms with E-state index in [1.54, 1.807) is 6.20 Å². The minimum Gasteiger partial charge on any atom is -0.466 e. The number of nitrogens with zero attached hydrogens (tertiary/aromatic N) is 2. The predicted octanol–water partition coefficient (Wildman–Crippen LogP) is 3.83. The minimum atomic E-state index is -0.0650. The van der Waals surface area contributed by atoms with Crippen LogP contribution in [0.2, 0.25) is 0 Å². The zero-order valence-electron chi connectivity index (χ0n) is 18.1. The van der Waals surface area contributed by atoms with Gasteiger partial charge in [-0.05, 0) is 46.5 Å². The molecule has 0 spiro atoms. The van der Waals surface area contributed by atoms with Crippen molar-refractivity contribution in [2.75, 3.05) is 13.2 Å². The maximum Gasteiger partial charge on any atom is 0.308 e. The number of guanidine groups is 1. The Morgan fingerprint density at radius 3 is 2.60 bits per heavy atom. The zero-order chi connectivity index (χ0) is 21.3. The van der Waals surface area contributed by atoms with Crippen LogP contribution < -0.4 is 10.6 Å². The van der Waals surface area contributed by atoms with Crippen molar-refractivity contribution in [1.29, 1.82) is 0 Å². The Balaban J connectivity index is 1.55. The van der Waals surface area contributed by atoms with Crippen LogP contribution in [0.1, 0.15) is 51.0 Å². The van der Waals surface area contributed by atoms with Gasteiger partial charge in [0.2, 0.25) is 5.89 Å². The highest BCUT2D eigenvalue weighted by molar-refractivity contribution is 5.80. The van der Waals surface area contributed by atoms with Crippen LogP contribution in [0.15, 0.2) is 39.9 Å². The minimum absolute atomic E-state index is 0.0232. The number of oxazole rings is 1. The highest BCUT2D eigenvalue weighted by Crippen LogP contribution is 2.25. The summed E-state index contributed by atoms with van der Waals surface area (Å²) in [4.78, 5) is 20.9. The molecule has 1 heterocycles. The summed E-state index contributed by atoms with van der Waals surface area (Å²) in [6, 6.07) is 8.46. The summed E-state index contributed by atoms with van der Waals surface area (Å²) < 4.78 is 11.0. The Kier molecular flexibility index (Phi) is 7.88. The second-order valence-electron chi connectivity index (χ2n) is 7.62. The molecule has 3 rings (SSSR count). The molecule has 2 aromatic rings. The number of aliphatic imine (C=N–C) groups is 1. The van der Waals surface area contributed by atoms with Gasteiger partial charge in [0.25, 0.3) is 0 Å². The molecule has 0 aliphatic heterocycles. The normalized spacial score (nSPS) is 19.4. The molecule has 0 unspecified atom stereocenters. The fourth-order valence-corrected chi connectivity index (χ4v) is 3.63. The number of aryl methyl sites for hydroxylation is 1. The van der Waals surface area contributed by atoms with Crippen molar-refractivity contribution in [3.8, 4) is 11.3 Å². The average molecular weight is 413 g/mol. The van der Waals surface area contributed by atoms with Crippen LogP contribution in [0, 0.1) is 12.8 Å². The van der Waals surface area contributed by atoms with Gasteiger partial charge in [-0.2, -0.15) is 0 Å². The van der Waals surface area contributed by atoms with Crippen molar-refractivity contribution in [2.45, 2.75) is 59.0 Å².